The molecule has 3 nitrogen and oxygen atoms in total. The molecule has 0 aliphatic carbocycles. The van der Waals surface area contributed by atoms with Gasteiger partial charge in [-0.2, -0.15) is 0 Å². The van der Waals surface area contributed by atoms with Crippen LogP contribution in [-0.2, 0) is 6.54 Å². The van der Waals surface area contributed by atoms with Crippen molar-refractivity contribution < 1.29 is 4.79 Å². The van der Waals surface area contributed by atoms with Crippen molar-refractivity contribution in [1.29, 1.82) is 0 Å². The van der Waals surface area contributed by atoms with Gasteiger partial charge in [0, 0.05) is 16.5 Å². The summed E-state index contributed by atoms with van der Waals surface area (Å²) in [5.41, 5.74) is 2.64. The van der Waals surface area contributed by atoms with E-state index in [4.69, 9.17) is 0 Å². The molecule has 2 aromatic carbocycles. The second kappa shape index (κ2) is 6.33. The Morgan fingerprint density at radius 1 is 1.00 bits per heavy atom. The number of rotatable bonds is 4. The Balaban J connectivity index is 1.64. The summed E-state index contributed by atoms with van der Waals surface area (Å²) in [7, 11) is 0. The summed E-state index contributed by atoms with van der Waals surface area (Å²) in [6.07, 6.45) is 0. The molecular weight excluding hydrogens is 280 g/mol. The molecule has 0 fully saturated rings. The Morgan fingerprint density at radius 2 is 1.67 bits per heavy atom. The van der Waals surface area contributed by atoms with Crippen molar-refractivity contribution in [3.05, 3.63) is 77.3 Å². The first-order valence-electron chi connectivity index (χ1n) is 6.66. The van der Waals surface area contributed by atoms with Crippen LogP contribution in [0.25, 0.3) is 10.6 Å². The zero-order chi connectivity index (χ0) is 14.5. The summed E-state index contributed by atoms with van der Waals surface area (Å²) in [5, 5.41) is 5.84. The molecule has 0 radical (unpaired) electrons. The molecule has 3 aromatic rings. The Morgan fingerprint density at radius 3 is 2.38 bits per heavy atom. The van der Waals surface area contributed by atoms with Crippen LogP contribution in [0.4, 0.5) is 0 Å². The fraction of sp³-hybridized carbons (Fsp3) is 0.0588. The van der Waals surface area contributed by atoms with E-state index in [1.54, 1.807) is 23.5 Å². The molecule has 4 heteroatoms. The lowest BCUT2D eigenvalue weighted by atomic mass is 10.2. The average molecular weight is 294 g/mol. The smallest absolute Gasteiger partial charge is 0.251 e. The van der Waals surface area contributed by atoms with Crippen LogP contribution in [0.2, 0.25) is 0 Å². The largest absolute Gasteiger partial charge is 0.346 e. The first kappa shape index (κ1) is 13.5. The number of carbonyl (C=O) groups excluding carboxylic acids is 1. The van der Waals surface area contributed by atoms with Crippen LogP contribution in [0.15, 0.2) is 66.0 Å². The van der Waals surface area contributed by atoms with Crippen molar-refractivity contribution >= 4 is 17.2 Å². The van der Waals surface area contributed by atoms with Crippen LogP contribution in [0.3, 0.4) is 0 Å². The molecule has 3 rings (SSSR count). The van der Waals surface area contributed by atoms with E-state index < -0.39 is 0 Å². The molecule has 0 unspecified atom stereocenters. The lowest BCUT2D eigenvalue weighted by Crippen LogP contribution is -2.22. The van der Waals surface area contributed by atoms with Crippen LogP contribution >= 0.6 is 11.3 Å². The first-order chi connectivity index (χ1) is 10.3. The number of hydrogen-bond acceptors (Lipinski definition) is 3. The maximum Gasteiger partial charge on any atom is 0.251 e. The van der Waals surface area contributed by atoms with Gasteiger partial charge in [-0.1, -0.05) is 48.5 Å². The number of hydrogen-bond donors (Lipinski definition) is 1. The number of carbonyl (C=O) groups is 1. The molecule has 104 valence electrons. The van der Waals surface area contributed by atoms with E-state index >= 15 is 0 Å². The highest BCUT2D eigenvalue weighted by Crippen LogP contribution is 2.23. The van der Waals surface area contributed by atoms with Gasteiger partial charge in [0.2, 0.25) is 0 Å². The molecule has 0 saturated carbocycles. The first-order valence-corrected chi connectivity index (χ1v) is 7.54. The molecule has 1 aromatic heterocycles. The Bertz CT molecular complexity index is 723. The Labute approximate surface area is 127 Å². The van der Waals surface area contributed by atoms with Crippen molar-refractivity contribution in [1.82, 2.24) is 10.3 Å². The van der Waals surface area contributed by atoms with Gasteiger partial charge in [0.1, 0.15) is 5.01 Å². The van der Waals surface area contributed by atoms with Gasteiger partial charge in [-0.15, -0.1) is 11.3 Å². The molecule has 1 amide bonds. The predicted molar refractivity (Wildman–Crippen MR) is 85.2 cm³/mol. The van der Waals surface area contributed by atoms with Gasteiger partial charge >= 0.3 is 0 Å². The Hall–Kier alpha value is -2.46. The van der Waals surface area contributed by atoms with Gasteiger partial charge in [-0.05, 0) is 12.1 Å². The van der Waals surface area contributed by atoms with E-state index in [0.29, 0.717) is 12.1 Å². The van der Waals surface area contributed by atoms with E-state index in [2.05, 4.69) is 10.3 Å². The van der Waals surface area contributed by atoms with Crippen molar-refractivity contribution in [3.63, 3.8) is 0 Å². The van der Waals surface area contributed by atoms with Gasteiger partial charge in [-0.25, -0.2) is 4.98 Å². The fourth-order valence-electron chi connectivity index (χ4n) is 1.96. The van der Waals surface area contributed by atoms with Gasteiger partial charge in [0.05, 0.1) is 12.2 Å². The standard InChI is InChI=1S/C17H14N2OS/c20-16(13-7-3-1-4-8-13)18-11-15-12-21-17(19-15)14-9-5-2-6-10-14/h1-10,12H,11H2,(H,18,20). The molecule has 21 heavy (non-hydrogen) atoms. The highest BCUT2D eigenvalue weighted by molar-refractivity contribution is 7.13. The van der Waals surface area contributed by atoms with Gasteiger partial charge in [0.25, 0.3) is 5.91 Å². The van der Waals surface area contributed by atoms with E-state index in [0.717, 1.165) is 16.3 Å². The summed E-state index contributed by atoms with van der Waals surface area (Å²) in [5.74, 6) is -0.0788. The highest BCUT2D eigenvalue weighted by Gasteiger charge is 2.07. The summed E-state index contributed by atoms with van der Waals surface area (Å²) in [6, 6.07) is 19.2. The quantitative estimate of drug-likeness (QED) is 0.796. The van der Waals surface area contributed by atoms with Crippen LogP contribution < -0.4 is 5.32 Å². The molecule has 1 heterocycles. The molecule has 0 atom stereocenters. The summed E-state index contributed by atoms with van der Waals surface area (Å²) < 4.78 is 0. The zero-order valence-corrected chi connectivity index (χ0v) is 12.1. The second-order valence-corrected chi connectivity index (χ2v) is 5.42. The monoisotopic (exact) mass is 294 g/mol. The minimum atomic E-state index is -0.0788. The number of benzene rings is 2. The summed E-state index contributed by atoms with van der Waals surface area (Å²) in [6.45, 7) is 0.442. The molecular formula is C17H14N2OS. The fourth-order valence-corrected chi connectivity index (χ4v) is 2.79. The van der Waals surface area contributed by atoms with Crippen molar-refractivity contribution in [2.24, 2.45) is 0 Å². The minimum Gasteiger partial charge on any atom is -0.346 e. The maximum absolute atomic E-state index is 12.0. The van der Waals surface area contributed by atoms with Crippen LogP contribution in [0.1, 0.15) is 16.1 Å². The molecule has 0 spiro atoms. The predicted octanol–water partition coefficient (Wildman–Crippen LogP) is 3.74. The number of thiazole rings is 1. The Kier molecular flexibility index (Phi) is 4.07. The summed E-state index contributed by atoms with van der Waals surface area (Å²) in [4.78, 5) is 16.5. The lowest BCUT2D eigenvalue weighted by molar-refractivity contribution is 0.0950. The SMILES string of the molecule is O=C(NCc1csc(-c2ccccc2)n1)c1ccccc1. The number of nitrogens with one attached hydrogen (secondary N) is 1. The van der Waals surface area contributed by atoms with Crippen LogP contribution in [0.5, 0.6) is 0 Å². The lowest BCUT2D eigenvalue weighted by Gasteiger charge is -2.02. The van der Waals surface area contributed by atoms with Gasteiger partial charge in [-0.3, -0.25) is 4.79 Å². The van der Waals surface area contributed by atoms with Crippen molar-refractivity contribution in [3.8, 4) is 10.6 Å². The third-order valence-electron chi connectivity index (χ3n) is 3.04. The number of amides is 1. The summed E-state index contributed by atoms with van der Waals surface area (Å²) >= 11 is 1.59. The molecule has 0 aliphatic rings. The van der Waals surface area contributed by atoms with Crippen molar-refractivity contribution in [2.45, 2.75) is 6.54 Å². The second-order valence-electron chi connectivity index (χ2n) is 4.56. The molecule has 1 N–H and O–H groups in total. The number of aromatic nitrogens is 1. The van der Waals surface area contributed by atoms with E-state index in [1.807, 2.05) is 53.9 Å². The normalized spacial score (nSPS) is 10.3. The van der Waals surface area contributed by atoms with Crippen LogP contribution in [-0.4, -0.2) is 10.9 Å². The van der Waals surface area contributed by atoms with Gasteiger partial charge < -0.3 is 5.32 Å². The van der Waals surface area contributed by atoms with E-state index in [1.165, 1.54) is 0 Å². The molecule has 0 bridgehead atoms. The average Bonchev–Trinajstić information content (AvgIpc) is 3.03. The highest BCUT2D eigenvalue weighted by atomic mass is 32.1. The topological polar surface area (TPSA) is 42.0 Å². The molecule has 0 saturated heterocycles. The van der Waals surface area contributed by atoms with E-state index in [9.17, 15) is 4.79 Å². The van der Waals surface area contributed by atoms with E-state index in [-0.39, 0.29) is 5.91 Å². The van der Waals surface area contributed by atoms with Crippen LogP contribution in [0, 0.1) is 0 Å². The maximum atomic E-state index is 12.0. The molecule has 0 aliphatic heterocycles. The van der Waals surface area contributed by atoms with Gasteiger partial charge in [0.15, 0.2) is 0 Å². The minimum absolute atomic E-state index is 0.0788. The third-order valence-corrected chi connectivity index (χ3v) is 3.98. The zero-order valence-electron chi connectivity index (χ0n) is 11.3. The third kappa shape index (κ3) is 3.35. The van der Waals surface area contributed by atoms with Crippen molar-refractivity contribution in [2.75, 3.05) is 0 Å². The number of nitrogens with zero attached hydrogens (tertiary/aromatic N) is 1.